The summed E-state index contributed by atoms with van der Waals surface area (Å²) in [5.41, 5.74) is 0.415. The molecule has 0 unspecified atom stereocenters. The number of hydrogen-bond acceptors (Lipinski definition) is 5. The van der Waals surface area contributed by atoms with Crippen molar-refractivity contribution in [2.45, 2.75) is 26.1 Å². The molecule has 1 aromatic heterocycles. The lowest BCUT2D eigenvalue weighted by Gasteiger charge is -2.17. The molecule has 1 fully saturated rings. The largest absolute Gasteiger partial charge is 0.477 e. The lowest BCUT2D eigenvalue weighted by molar-refractivity contribution is -0.00237. The van der Waals surface area contributed by atoms with Crippen LogP contribution in [0.4, 0.5) is 0 Å². The summed E-state index contributed by atoms with van der Waals surface area (Å²) in [7, 11) is 0. The van der Waals surface area contributed by atoms with Crippen LogP contribution in [0, 0.1) is 0 Å². The minimum absolute atomic E-state index is 0.192. The topological polar surface area (TPSA) is 71.9 Å². The normalized spacial score (nSPS) is 22.1. The fraction of sp³-hybridized carbons (Fsp3) is 0.571. The molecular formula is C14H20N2O4. The Bertz CT molecular complexity index is 466. The lowest BCUT2D eigenvalue weighted by atomic mass is 10.2. The van der Waals surface area contributed by atoms with Crippen LogP contribution in [0.25, 0.3) is 0 Å². The van der Waals surface area contributed by atoms with Crippen molar-refractivity contribution in [3.8, 4) is 5.88 Å². The van der Waals surface area contributed by atoms with E-state index in [4.69, 9.17) is 9.47 Å². The first kappa shape index (κ1) is 14.7. The number of nitrogens with zero attached hydrogens (tertiary/aromatic N) is 2. The number of rotatable bonds is 5. The molecule has 2 atom stereocenters. The second-order valence-electron chi connectivity index (χ2n) is 4.56. The van der Waals surface area contributed by atoms with Gasteiger partial charge in [-0.2, -0.15) is 0 Å². The summed E-state index contributed by atoms with van der Waals surface area (Å²) >= 11 is 0. The number of carbonyl (C=O) groups is 1. The molecule has 1 aliphatic heterocycles. The monoisotopic (exact) mass is 280 g/mol. The number of aromatic nitrogens is 1. The molecule has 6 heteroatoms. The van der Waals surface area contributed by atoms with E-state index in [1.54, 1.807) is 23.2 Å². The Labute approximate surface area is 118 Å². The molecule has 0 aliphatic carbocycles. The minimum atomic E-state index is -0.647. The van der Waals surface area contributed by atoms with Gasteiger partial charge in [0, 0.05) is 25.9 Å². The number of likely N-dealkylation sites (tertiary alicyclic amines) is 1. The Morgan fingerprint density at radius 2 is 2.25 bits per heavy atom. The van der Waals surface area contributed by atoms with Gasteiger partial charge in [-0.05, 0) is 26.0 Å². The van der Waals surface area contributed by atoms with Gasteiger partial charge in [0.15, 0.2) is 0 Å². The fourth-order valence-corrected chi connectivity index (χ4v) is 2.28. The summed E-state index contributed by atoms with van der Waals surface area (Å²) in [6.45, 7) is 5.32. The number of ether oxygens (including phenoxy) is 2. The van der Waals surface area contributed by atoms with Crippen LogP contribution in [0.3, 0.4) is 0 Å². The van der Waals surface area contributed by atoms with E-state index >= 15 is 0 Å². The van der Waals surface area contributed by atoms with E-state index in [1.807, 2.05) is 13.8 Å². The second kappa shape index (κ2) is 6.67. The summed E-state index contributed by atoms with van der Waals surface area (Å²) in [6.07, 6.45) is 0.617. The van der Waals surface area contributed by atoms with Gasteiger partial charge in [-0.3, -0.25) is 4.79 Å². The van der Waals surface area contributed by atoms with Crippen LogP contribution in [0.15, 0.2) is 18.3 Å². The molecule has 20 heavy (non-hydrogen) atoms. The first-order chi connectivity index (χ1) is 9.67. The summed E-state index contributed by atoms with van der Waals surface area (Å²) in [4.78, 5) is 18.1. The van der Waals surface area contributed by atoms with E-state index in [2.05, 4.69) is 4.98 Å². The van der Waals surface area contributed by atoms with E-state index in [9.17, 15) is 9.90 Å². The summed E-state index contributed by atoms with van der Waals surface area (Å²) in [5, 5.41) is 9.89. The van der Waals surface area contributed by atoms with Gasteiger partial charge < -0.3 is 19.5 Å². The van der Waals surface area contributed by atoms with Crippen molar-refractivity contribution in [1.29, 1.82) is 0 Å². The first-order valence-electron chi connectivity index (χ1n) is 6.84. The van der Waals surface area contributed by atoms with Crippen molar-refractivity contribution >= 4 is 5.91 Å². The van der Waals surface area contributed by atoms with E-state index in [1.165, 1.54) is 0 Å². The molecule has 2 heterocycles. The molecule has 1 N–H and O–H groups in total. The number of pyridine rings is 1. The lowest BCUT2D eigenvalue weighted by Crippen LogP contribution is -2.30. The quantitative estimate of drug-likeness (QED) is 0.859. The van der Waals surface area contributed by atoms with Crippen LogP contribution >= 0.6 is 0 Å². The molecule has 110 valence electrons. The predicted octanol–water partition coefficient (Wildman–Crippen LogP) is 0.702. The SMILES string of the molecule is CCOc1ncccc1C(=O)N1C[C@H](OCC)[C@@H](O)C1. The number of amides is 1. The maximum absolute atomic E-state index is 12.5. The zero-order valence-electron chi connectivity index (χ0n) is 11.8. The number of β-amino-alcohol motifs (C(OH)–C–C–N with tert-alkyl or cyclic N) is 1. The fourth-order valence-electron chi connectivity index (χ4n) is 2.28. The van der Waals surface area contributed by atoms with Crippen LogP contribution in [0.1, 0.15) is 24.2 Å². The molecule has 1 amide bonds. The molecule has 0 aromatic carbocycles. The van der Waals surface area contributed by atoms with Crippen LogP contribution in [0.5, 0.6) is 5.88 Å². The third kappa shape index (κ3) is 3.08. The van der Waals surface area contributed by atoms with E-state index in [0.717, 1.165) is 0 Å². The summed E-state index contributed by atoms with van der Waals surface area (Å²) < 4.78 is 10.8. The van der Waals surface area contributed by atoms with Gasteiger partial charge in [0.25, 0.3) is 5.91 Å². The maximum Gasteiger partial charge on any atom is 0.259 e. The van der Waals surface area contributed by atoms with Crippen LogP contribution in [0.2, 0.25) is 0 Å². The molecule has 0 spiro atoms. The highest BCUT2D eigenvalue weighted by molar-refractivity contribution is 5.96. The summed E-state index contributed by atoms with van der Waals surface area (Å²) in [6, 6.07) is 3.38. The van der Waals surface area contributed by atoms with Gasteiger partial charge in [-0.15, -0.1) is 0 Å². The third-order valence-electron chi connectivity index (χ3n) is 3.19. The highest BCUT2D eigenvalue weighted by Crippen LogP contribution is 2.21. The summed E-state index contributed by atoms with van der Waals surface area (Å²) in [5.74, 6) is 0.136. The van der Waals surface area contributed by atoms with Crippen LogP contribution in [-0.2, 0) is 4.74 Å². The van der Waals surface area contributed by atoms with Gasteiger partial charge in [-0.25, -0.2) is 4.98 Å². The molecule has 0 saturated carbocycles. The van der Waals surface area contributed by atoms with Crippen LogP contribution < -0.4 is 4.74 Å². The minimum Gasteiger partial charge on any atom is -0.477 e. The Hall–Kier alpha value is -1.66. The van der Waals surface area contributed by atoms with Crippen molar-refractivity contribution < 1.29 is 19.4 Å². The number of carbonyl (C=O) groups excluding carboxylic acids is 1. The average molecular weight is 280 g/mol. The highest BCUT2D eigenvalue weighted by atomic mass is 16.5. The van der Waals surface area contributed by atoms with Gasteiger partial charge in [-0.1, -0.05) is 0 Å². The van der Waals surface area contributed by atoms with Crippen molar-refractivity contribution in [2.75, 3.05) is 26.3 Å². The molecule has 1 aromatic rings. The van der Waals surface area contributed by atoms with Gasteiger partial charge in [0.05, 0.1) is 12.7 Å². The molecule has 1 saturated heterocycles. The maximum atomic E-state index is 12.5. The molecule has 6 nitrogen and oxygen atoms in total. The van der Waals surface area contributed by atoms with Crippen molar-refractivity contribution in [2.24, 2.45) is 0 Å². The number of aliphatic hydroxyl groups is 1. The third-order valence-corrected chi connectivity index (χ3v) is 3.19. The van der Waals surface area contributed by atoms with Crippen LogP contribution in [-0.4, -0.2) is 59.4 Å². The molecular weight excluding hydrogens is 260 g/mol. The molecule has 0 radical (unpaired) electrons. The van der Waals surface area contributed by atoms with E-state index < -0.39 is 6.10 Å². The zero-order valence-corrected chi connectivity index (χ0v) is 11.8. The predicted molar refractivity (Wildman–Crippen MR) is 72.7 cm³/mol. The van der Waals surface area contributed by atoms with Gasteiger partial charge in [0.2, 0.25) is 5.88 Å². The first-order valence-corrected chi connectivity index (χ1v) is 6.84. The second-order valence-corrected chi connectivity index (χ2v) is 4.56. The van der Waals surface area contributed by atoms with Crippen molar-refractivity contribution in [1.82, 2.24) is 9.88 Å². The highest BCUT2D eigenvalue weighted by Gasteiger charge is 2.35. The molecule has 1 aliphatic rings. The number of hydrogen-bond donors (Lipinski definition) is 1. The molecule has 2 rings (SSSR count). The Morgan fingerprint density at radius 1 is 1.45 bits per heavy atom. The Balaban J connectivity index is 2.12. The molecule has 0 bridgehead atoms. The average Bonchev–Trinajstić information content (AvgIpc) is 2.81. The van der Waals surface area contributed by atoms with E-state index in [-0.39, 0.29) is 18.6 Å². The number of aliphatic hydroxyl groups excluding tert-OH is 1. The zero-order chi connectivity index (χ0) is 14.5. The Morgan fingerprint density at radius 3 is 2.95 bits per heavy atom. The smallest absolute Gasteiger partial charge is 0.259 e. The van der Waals surface area contributed by atoms with Gasteiger partial charge in [0.1, 0.15) is 11.7 Å². The van der Waals surface area contributed by atoms with Crippen molar-refractivity contribution in [3.63, 3.8) is 0 Å². The van der Waals surface area contributed by atoms with Crippen molar-refractivity contribution in [3.05, 3.63) is 23.9 Å². The standard InChI is InChI=1S/C14H20N2O4/c1-3-19-12-9-16(8-11(12)17)14(18)10-6-5-7-15-13(10)20-4-2/h5-7,11-12,17H,3-4,8-9H2,1-2H3/t11-,12-/m0/s1. The van der Waals surface area contributed by atoms with E-state index in [0.29, 0.717) is 31.2 Å². The Kier molecular flexibility index (Phi) is 4.92. The van der Waals surface area contributed by atoms with Gasteiger partial charge >= 0.3 is 0 Å².